The number of nitrogens with one attached hydrogen (secondary N) is 2. The monoisotopic (exact) mass is 554 g/mol. The Balaban J connectivity index is 0.00000280. The van der Waals surface area contributed by atoms with E-state index in [-0.39, 0.29) is 24.0 Å². The first-order chi connectivity index (χ1) is 13.0. The second kappa shape index (κ2) is 10.9. The molecule has 0 radical (unpaired) electrons. The van der Waals surface area contributed by atoms with Gasteiger partial charge in [0.05, 0.1) is 13.1 Å². The summed E-state index contributed by atoms with van der Waals surface area (Å²) in [6.45, 7) is 4.63. The number of guanidine groups is 1. The Labute approximate surface area is 192 Å². The maximum Gasteiger partial charge on any atom is 0.252 e. The second-order valence-electron chi connectivity index (χ2n) is 6.49. The first-order valence-electron chi connectivity index (χ1n) is 9.07. The van der Waals surface area contributed by atoms with Gasteiger partial charge in [0, 0.05) is 29.9 Å². The molecule has 0 unspecified atom stereocenters. The van der Waals surface area contributed by atoms with Crippen LogP contribution in [0.2, 0.25) is 0 Å². The fourth-order valence-electron chi connectivity index (χ4n) is 2.97. The number of piperidine rings is 1. The van der Waals surface area contributed by atoms with Crippen LogP contribution in [0.25, 0.3) is 0 Å². The van der Waals surface area contributed by atoms with Crippen molar-refractivity contribution in [3.63, 3.8) is 0 Å². The summed E-state index contributed by atoms with van der Waals surface area (Å²) in [4.78, 5) is 6.49. The fraction of sp³-hybridized carbons (Fsp3) is 0.500. The lowest BCUT2D eigenvalue weighted by Crippen LogP contribution is -2.36. The summed E-state index contributed by atoms with van der Waals surface area (Å²) in [6, 6.07) is 5.70. The summed E-state index contributed by atoms with van der Waals surface area (Å²) in [6.07, 6.45) is 3.01. The topological polar surface area (TPSA) is 73.8 Å². The van der Waals surface area contributed by atoms with Gasteiger partial charge in [-0.1, -0.05) is 6.42 Å². The normalized spacial score (nSPS) is 15.9. The molecular weight excluding hydrogens is 527 g/mol. The van der Waals surface area contributed by atoms with Gasteiger partial charge < -0.3 is 10.6 Å². The summed E-state index contributed by atoms with van der Waals surface area (Å²) in [5.41, 5.74) is 1.27. The van der Waals surface area contributed by atoms with E-state index in [1.807, 2.05) is 6.07 Å². The molecule has 0 aromatic carbocycles. The van der Waals surface area contributed by atoms with Gasteiger partial charge in [-0.05, 0) is 48.9 Å². The largest absolute Gasteiger partial charge is 0.352 e. The number of thiophene rings is 2. The van der Waals surface area contributed by atoms with E-state index >= 15 is 0 Å². The lowest BCUT2D eigenvalue weighted by atomic mass is 10.2. The van der Waals surface area contributed by atoms with E-state index in [0.717, 1.165) is 30.7 Å². The zero-order valence-corrected chi connectivity index (χ0v) is 20.9. The van der Waals surface area contributed by atoms with Crippen LogP contribution in [-0.4, -0.2) is 38.8 Å². The van der Waals surface area contributed by atoms with Crippen molar-refractivity contribution in [2.24, 2.45) is 4.99 Å². The fourth-order valence-corrected chi connectivity index (χ4v) is 6.78. The minimum atomic E-state index is -3.35. The maximum absolute atomic E-state index is 12.7. The Bertz CT molecular complexity index is 886. The lowest BCUT2D eigenvalue weighted by Gasteiger charge is -2.25. The van der Waals surface area contributed by atoms with Crippen molar-refractivity contribution in [3.05, 3.63) is 38.9 Å². The van der Waals surface area contributed by atoms with Crippen LogP contribution in [0.3, 0.4) is 0 Å². The molecule has 10 heteroatoms. The molecular formula is C18H27IN4O2S3. The average molecular weight is 555 g/mol. The third-order valence-electron chi connectivity index (χ3n) is 4.58. The van der Waals surface area contributed by atoms with E-state index in [1.54, 1.807) is 28.8 Å². The van der Waals surface area contributed by atoms with Crippen molar-refractivity contribution in [1.29, 1.82) is 0 Å². The molecule has 0 amide bonds. The summed E-state index contributed by atoms with van der Waals surface area (Å²) in [7, 11) is -1.62. The summed E-state index contributed by atoms with van der Waals surface area (Å²) in [5.74, 6) is 0.705. The Kier molecular flexibility index (Phi) is 9.19. The SMILES string of the molecule is CN=C(NCc1ccc(S(=O)(=O)N2CCCCC2)s1)NCc1sccc1C.I. The van der Waals surface area contributed by atoms with E-state index in [9.17, 15) is 8.42 Å². The first-order valence-corrected chi connectivity index (χ1v) is 12.2. The van der Waals surface area contributed by atoms with Crippen LogP contribution in [0, 0.1) is 6.92 Å². The number of rotatable bonds is 6. The predicted octanol–water partition coefficient (Wildman–Crippen LogP) is 3.78. The molecule has 1 aliphatic heterocycles. The van der Waals surface area contributed by atoms with Gasteiger partial charge in [-0.2, -0.15) is 4.31 Å². The zero-order chi connectivity index (χ0) is 19.3. The third-order valence-corrected chi connectivity index (χ3v) is 9.06. The van der Waals surface area contributed by atoms with Crippen LogP contribution >= 0.6 is 46.7 Å². The number of hydrogen-bond donors (Lipinski definition) is 2. The smallest absolute Gasteiger partial charge is 0.252 e. The molecule has 156 valence electrons. The van der Waals surface area contributed by atoms with Crippen LogP contribution in [0.1, 0.15) is 34.6 Å². The molecule has 0 aliphatic carbocycles. The van der Waals surface area contributed by atoms with Crippen molar-refractivity contribution >= 4 is 62.6 Å². The average Bonchev–Trinajstić information content (AvgIpc) is 3.32. The van der Waals surface area contributed by atoms with Gasteiger partial charge in [-0.3, -0.25) is 4.99 Å². The summed E-state index contributed by atoms with van der Waals surface area (Å²) < 4.78 is 27.5. The highest BCUT2D eigenvalue weighted by atomic mass is 127. The molecule has 2 aromatic heterocycles. The van der Waals surface area contributed by atoms with Gasteiger partial charge >= 0.3 is 0 Å². The molecule has 0 atom stereocenters. The van der Waals surface area contributed by atoms with Gasteiger partial charge in [0.2, 0.25) is 0 Å². The van der Waals surface area contributed by atoms with E-state index in [2.05, 4.69) is 34.0 Å². The highest BCUT2D eigenvalue weighted by molar-refractivity contribution is 14.0. The zero-order valence-electron chi connectivity index (χ0n) is 16.1. The number of sulfonamides is 1. The quantitative estimate of drug-likeness (QED) is 0.324. The Morgan fingerprint density at radius 1 is 1.14 bits per heavy atom. The van der Waals surface area contributed by atoms with Gasteiger partial charge in [0.1, 0.15) is 4.21 Å². The molecule has 0 bridgehead atoms. The van der Waals surface area contributed by atoms with Gasteiger partial charge in [0.15, 0.2) is 5.96 Å². The number of hydrogen-bond acceptors (Lipinski definition) is 5. The van der Waals surface area contributed by atoms with Crippen molar-refractivity contribution in [2.75, 3.05) is 20.1 Å². The first kappa shape index (κ1) is 23.6. The maximum atomic E-state index is 12.7. The number of aryl methyl sites for hydroxylation is 1. The van der Waals surface area contributed by atoms with Gasteiger partial charge in [-0.25, -0.2) is 8.42 Å². The number of nitrogens with zero attached hydrogens (tertiary/aromatic N) is 2. The molecule has 6 nitrogen and oxygen atoms in total. The molecule has 28 heavy (non-hydrogen) atoms. The number of aliphatic imine (C=N–C) groups is 1. The van der Waals surface area contributed by atoms with E-state index in [0.29, 0.717) is 29.8 Å². The molecule has 2 aromatic rings. The highest BCUT2D eigenvalue weighted by Crippen LogP contribution is 2.27. The molecule has 1 saturated heterocycles. The Morgan fingerprint density at radius 2 is 1.86 bits per heavy atom. The highest BCUT2D eigenvalue weighted by Gasteiger charge is 2.27. The van der Waals surface area contributed by atoms with E-state index < -0.39 is 10.0 Å². The predicted molar refractivity (Wildman–Crippen MR) is 128 cm³/mol. The molecule has 1 aliphatic rings. The molecule has 2 N–H and O–H groups in total. The van der Waals surface area contributed by atoms with Crippen LogP contribution < -0.4 is 10.6 Å². The van der Waals surface area contributed by atoms with Crippen molar-refractivity contribution in [3.8, 4) is 0 Å². The Morgan fingerprint density at radius 3 is 2.50 bits per heavy atom. The van der Waals surface area contributed by atoms with Gasteiger partial charge in [0.25, 0.3) is 10.0 Å². The molecule has 3 heterocycles. The van der Waals surface area contributed by atoms with Crippen molar-refractivity contribution < 1.29 is 8.42 Å². The lowest BCUT2D eigenvalue weighted by molar-refractivity contribution is 0.347. The van der Waals surface area contributed by atoms with E-state index in [1.165, 1.54) is 21.8 Å². The third kappa shape index (κ3) is 5.91. The minimum Gasteiger partial charge on any atom is -0.352 e. The van der Waals surface area contributed by atoms with Crippen LogP contribution in [0.5, 0.6) is 0 Å². The number of halogens is 1. The van der Waals surface area contributed by atoms with Crippen molar-refractivity contribution in [1.82, 2.24) is 14.9 Å². The van der Waals surface area contributed by atoms with Crippen molar-refractivity contribution in [2.45, 2.75) is 43.5 Å². The van der Waals surface area contributed by atoms with Crippen LogP contribution in [0.15, 0.2) is 32.8 Å². The molecule has 0 saturated carbocycles. The summed E-state index contributed by atoms with van der Waals surface area (Å²) >= 11 is 3.05. The second-order valence-corrected chi connectivity index (χ2v) is 10.8. The Hall–Kier alpha value is -0.690. The van der Waals surface area contributed by atoms with E-state index in [4.69, 9.17) is 0 Å². The van der Waals surface area contributed by atoms with Crippen LogP contribution in [0.4, 0.5) is 0 Å². The molecule has 1 fully saturated rings. The summed E-state index contributed by atoms with van der Waals surface area (Å²) in [5, 5.41) is 8.64. The van der Waals surface area contributed by atoms with Crippen LogP contribution in [-0.2, 0) is 23.1 Å². The minimum absolute atomic E-state index is 0. The molecule has 0 spiro atoms. The molecule has 3 rings (SSSR count). The van der Waals surface area contributed by atoms with Gasteiger partial charge in [-0.15, -0.1) is 46.7 Å². The standard InChI is InChI=1S/C18H26N4O2S3.HI/c1-14-8-11-25-16(14)13-21-18(19-2)20-12-15-6-7-17(26-15)27(23,24)22-9-4-3-5-10-22;/h6-8,11H,3-5,9-10,12-13H2,1-2H3,(H2,19,20,21);1H.